The maximum atomic E-state index is 12.1. The summed E-state index contributed by atoms with van der Waals surface area (Å²) >= 11 is 0. The molecule has 5 nitrogen and oxygen atoms in total. The standard InChI is InChI=1S/C24H35NO4.C2H6.CH4/c1-16(2)24(14-18(15-24)25-22(26)29-23(3,4)5)17-11-12-20(27-6)21(13-17)28-19-9-7-8-10-19;1-2;/h11-13,18-19H,1,7-10,14-15H2,2-6H3,(H,25,26);1-2H3;1H4. The molecule has 0 heterocycles. The van der Waals surface area contributed by atoms with Crippen LogP contribution in [-0.4, -0.2) is 30.9 Å². The van der Waals surface area contributed by atoms with Crippen LogP contribution in [0, 0.1) is 0 Å². The number of amides is 1. The van der Waals surface area contributed by atoms with Crippen LogP contribution in [0.25, 0.3) is 0 Å². The molecule has 1 aromatic rings. The number of hydrogen-bond donors (Lipinski definition) is 1. The molecule has 0 atom stereocenters. The molecule has 0 radical (unpaired) electrons. The van der Waals surface area contributed by atoms with Gasteiger partial charge in [0.25, 0.3) is 0 Å². The maximum absolute atomic E-state index is 12.1. The smallest absolute Gasteiger partial charge is 0.407 e. The van der Waals surface area contributed by atoms with E-state index in [0.29, 0.717) is 0 Å². The molecule has 182 valence electrons. The summed E-state index contributed by atoms with van der Waals surface area (Å²) in [5.74, 6) is 1.57. The Morgan fingerprint density at radius 3 is 2.22 bits per heavy atom. The lowest BCUT2D eigenvalue weighted by molar-refractivity contribution is 0.0446. The number of carbonyl (C=O) groups is 1. The van der Waals surface area contributed by atoms with Gasteiger partial charge in [-0.15, -0.1) is 0 Å². The number of methoxy groups -OCH3 is 1. The molecule has 0 saturated heterocycles. The summed E-state index contributed by atoms with van der Waals surface area (Å²) < 4.78 is 17.2. The number of ether oxygens (including phenoxy) is 3. The first-order valence-electron chi connectivity index (χ1n) is 11.6. The topological polar surface area (TPSA) is 56.8 Å². The van der Waals surface area contributed by atoms with Gasteiger partial charge in [0, 0.05) is 11.5 Å². The zero-order valence-electron chi connectivity index (χ0n) is 20.5. The van der Waals surface area contributed by atoms with E-state index < -0.39 is 5.60 Å². The van der Waals surface area contributed by atoms with Gasteiger partial charge in [-0.05, 0) is 83.9 Å². The van der Waals surface area contributed by atoms with E-state index >= 15 is 0 Å². The predicted molar refractivity (Wildman–Crippen MR) is 133 cm³/mol. The van der Waals surface area contributed by atoms with Gasteiger partial charge in [0.1, 0.15) is 5.60 Å². The molecule has 1 N–H and O–H groups in total. The highest BCUT2D eigenvalue weighted by Gasteiger charge is 2.47. The molecule has 0 spiro atoms. The van der Waals surface area contributed by atoms with Gasteiger partial charge < -0.3 is 19.5 Å². The molecule has 5 heteroatoms. The average molecular weight is 448 g/mol. The number of benzene rings is 1. The van der Waals surface area contributed by atoms with E-state index in [1.54, 1.807) is 7.11 Å². The Morgan fingerprint density at radius 2 is 1.72 bits per heavy atom. The van der Waals surface area contributed by atoms with E-state index in [1.165, 1.54) is 18.4 Å². The first-order valence-corrected chi connectivity index (χ1v) is 11.6. The van der Waals surface area contributed by atoms with E-state index in [9.17, 15) is 4.79 Å². The van der Waals surface area contributed by atoms with Crippen molar-refractivity contribution in [3.63, 3.8) is 0 Å². The van der Waals surface area contributed by atoms with Crippen LogP contribution in [0.1, 0.15) is 93.1 Å². The van der Waals surface area contributed by atoms with Crippen molar-refractivity contribution >= 4 is 6.09 Å². The normalized spacial score (nSPS) is 22.4. The quantitative estimate of drug-likeness (QED) is 0.469. The van der Waals surface area contributed by atoms with Gasteiger partial charge in [0.15, 0.2) is 11.5 Å². The number of nitrogens with one attached hydrogen (secondary N) is 1. The zero-order valence-corrected chi connectivity index (χ0v) is 20.5. The summed E-state index contributed by atoms with van der Waals surface area (Å²) in [5.41, 5.74) is 1.60. The Bertz CT molecular complexity index is 753. The zero-order chi connectivity index (χ0) is 23.2. The van der Waals surface area contributed by atoms with Gasteiger partial charge >= 0.3 is 6.09 Å². The molecule has 0 aromatic heterocycles. The van der Waals surface area contributed by atoms with Crippen molar-refractivity contribution in [2.24, 2.45) is 0 Å². The van der Waals surface area contributed by atoms with Crippen LogP contribution in [0.3, 0.4) is 0 Å². The number of rotatable bonds is 6. The lowest BCUT2D eigenvalue weighted by Crippen LogP contribution is -2.54. The second-order valence-corrected chi connectivity index (χ2v) is 9.50. The van der Waals surface area contributed by atoms with Gasteiger partial charge in [0.05, 0.1) is 13.2 Å². The highest BCUT2D eigenvalue weighted by atomic mass is 16.6. The van der Waals surface area contributed by atoms with Crippen LogP contribution in [0.4, 0.5) is 4.79 Å². The van der Waals surface area contributed by atoms with E-state index in [-0.39, 0.29) is 31.1 Å². The Hall–Kier alpha value is -2.17. The van der Waals surface area contributed by atoms with Crippen molar-refractivity contribution in [1.82, 2.24) is 5.32 Å². The Morgan fingerprint density at radius 1 is 1.12 bits per heavy atom. The summed E-state index contributed by atoms with van der Waals surface area (Å²) in [6, 6.07) is 6.26. The van der Waals surface area contributed by atoms with Crippen LogP contribution in [-0.2, 0) is 10.2 Å². The third-order valence-corrected chi connectivity index (χ3v) is 6.04. The van der Waals surface area contributed by atoms with Crippen LogP contribution in [0.15, 0.2) is 30.4 Å². The Labute approximate surface area is 195 Å². The number of hydrogen-bond acceptors (Lipinski definition) is 4. The Balaban J connectivity index is 0.00000166. The third kappa shape index (κ3) is 6.66. The molecule has 0 unspecified atom stereocenters. The van der Waals surface area contributed by atoms with Gasteiger partial charge in [-0.3, -0.25) is 0 Å². The molecule has 0 bridgehead atoms. The second-order valence-electron chi connectivity index (χ2n) is 9.50. The molecule has 32 heavy (non-hydrogen) atoms. The van der Waals surface area contributed by atoms with Gasteiger partial charge in [-0.2, -0.15) is 0 Å². The SMILES string of the molecule is C.C=C(C)C1(c2ccc(OC)c(OC3CCCC3)c2)CC(NC(=O)OC(C)(C)C)C1.CC. The second kappa shape index (κ2) is 11.6. The molecule has 2 fully saturated rings. The van der Waals surface area contributed by atoms with Gasteiger partial charge in [0.2, 0.25) is 0 Å². The Kier molecular flexibility index (Phi) is 10.1. The number of carbonyl (C=O) groups excluding carboxylic acids is 1. The fraction of sp³-hybridized carbons (Fsp3) is 0.667. The monoisotopic (exact) mass is 447 g/mol. The summed E-state index contributed by atoms with van der Waals surface area (Å²) in [6.07, 6.45) is 6.15. The van der Waals surface area contributed by atoms with E-state index in [1.807, 2.05) is 40.7 Å². The predicted octanol–water partition coefficient (Wildman–Crippen LogP) is 7.18. The fourth-order valence-corrected chi connectivity index (χ4v) is 4.44. The molecular weight excluding hydrogens is 402 g/mol. The van der Waals surface area contributed by atoms with Crippen molar-refractivity contribution in [2.45, 2.75) is 111 Å². The van der Waals surface area contributed by atoms with Crippen LogP contribution in [0.5, 0.6) is 11.5 Å². The molecule has 2 aliphatic rings. The minimum absolute atomic E-state index is 0. The van der Waals surface area contributed by atoms with E-state index in [4.69, 9.17) is 14.2 Å². The molecular formula is C27H45NO4. The highest BCUT2D eigenvalue weighted by Crippen LogP contribution is 2.50. The van der Waals surface area contributed by atoms with E-state index in [0.717, 1.165) is 42.8 Å². The lowest BCUT2D eigenvalue weighted by atomic mass is 9.58. The van der Waals surface area contributed by atoms with Crippen molar-refractivity contribution in [3.8, 4) is 11.5 Å². The minimum atomic E-state index is -0.498. The summed E-state index contributed by atoms with van der Waals surface area (Å²) in [7, 11) is 1.68. The summed E-state index contributed by atoms with van der Waals surface area (Å²) in [5, 5.41) is 2.99. The third-order valence-electron chi connectivity index (χ3n) is 6.04. The molecule has 2 aliphatic carbocycles. The van der Waals surface area contributed by atoms with Gasteiger partial charge in [-0.1, -0.05) is 39.5 Å². The highest BCUT2D eigenvalue weighted by molar-refractivity contribution is 5.68. The van der Waals surface area contributed by atoms with Crippen molar-refractivity contribution in [1.29, 1.82) is 0 Å². The maximum Gasteiger partial charge on any atom is 0.407 e. The number of allylic oxidation sites excluding steroid dienone is 1. The molecule has 2 saturated carbocycles. The van der Waals surface area contributed by atoms with Crippen LogP contribution in [0.2, 0.25) is 0 Å². The number of alkyl carbamates (subject to hydrolysis) is 1. The van der Waals surface area contributed by atoms with Crippen molar-refractivity contribution in [3.05, 3.63) is 35.9 Å². The van der Waals surface area contributed by atoms with Crippen molar-refractivity contribution < 1.29 is 19.0 Å². The average Bonchev–Trinajstić information content (AvgIpc) is 3.17. The van der Waals surface area contributed by atoms with E-state index in [2.05, 4.69) is 31.0 Å². The van der Waals surface area contributed by atoms with Crippen LogP contribution >= 0.6 is 0 Å². The summed E-state index contributed by atoms with van der Waals surface area (Å²) in [6.45, 7) is 15.9. The first-order chi connectivity index (χ1) is 14.6. The van der Waals surface area contributed by atoms with Gasteiger partial charge in [-0.25, -0.2) is 4.79 Å². The molecule has 1 amide bonds. The minimum Gasteiger partial charge on any atom is -0.493 e. The lowest BCUT2D eigenvalue weighted by Gasteiger charge is -2.49. The fourth-order valence-electron chi connectivity index (χ4n) is 4.44. The van der Waals surface area contributed by atoms with Crippen LogP contribution < -0.4 is 14.8 Å². The first kappa shape index (κ1) is 27.9. The van der Waals surface area contributed by atoms with Crippen molar-refractivity contribution in [2.75, 3.05) is 7.11 Å². The molecule has 1 aromatic carbocycles. The molecule has 3 rings (SSSR count). The molecule has 0 aliphatic heterocycles. The summed E-state index contributed by atoms with van der Waals surface area (Å²) in [4.78, 5) is 12.1. The largest absolute Gasteiger partial charge is 0.493 e.